The molecular formula is C19H25N3O4S2. The molecule has 2 aromatic rings. The first kappa shape index (κ1) is 21.9. The van der Waals surface area contributed by atoms with Gasteiger partial charge in [-0.3, -0.25) is 0 Å². The molecule has 2 N–H and O–H groups in total. The molecule has 7 nitrogen and oxygen atoms in total. The van der Waals surface area contributed by atoms with Crippen molar-refractivity contribution in [2.45, 2.75) is 18.7 Å². The number of sulfonamides is 1. The van der Waals surface area contributed by atoms with Gasteiger partial charge >= 0.3 is 0 Å². The van der Waals surface area contributed by atoms with E-state index >= 15 is 0 Å². The van der Waals surface area contributed by atoms with Crippen LogP contribution in [0.2, 0.25) is 0 Å². The zero-order valence-corrected chi connectivity index (χ0v) is 18.0. The third-order valence-corrected chi connectivity index (χ3v) is 6.36. The smallest absolute Gasteiger partial charge is 0.243 e. The maximum atomic E-state index is 12.8. The summed E-state index contributed by atoms with van der Waals surface area (Å²) in [4.78, 5) is 0.173. The molecule has 28 heavy (non-hydrogen) atoms. The Kier molecular flexibility index (Phi) is 7.61. The van der Waals surface area contributed by atoms with E-state index in [2.05, 4.69) is 10.6 Å². The minimum absolute atomic E-state index is 0.173. The minimum atomic E-state index is -3.59. The summed E-state index contributed by atoms with van der Waals surface area (Å²) < 4.78 is 37.4. The lowest BCUT2D eigenvalue weighted by Gasteiger charge is -2.20. The van der Waals surface area contributed by atoms with Gasteiger partial charge in [0, 0.05) is 18.8 Å². The first-order valence-electron chi connectivity index (χ1n) is 8.75. The maximum Gasteiger partial charge on any atom is 0.243 e. The van der Waals surface area contributed by atoms with Gasteiger partial charge in [-0.05, 0) is 54.7 Å². The highest BCUT2D eigenvalue weighted by Gasteiger charge is 2.23. The summed E-state index contributed by atoms with van der Waals surface area (Å²) in [5.74, 6) is 1.22. The van der Waals surface area contributed by atoms with E-state index in [0.717, 1.165) is 11.4 Å². The van der Waals surface area contributed by atoms with Gasteiger partial charge in [-0.15, -0.1) is 0 Å². The van der Waals surface area contributed by atoms with Crippen molar-refractivity contribution in [2.75, 3.05) is 37.9 Å². The summed E-state index contributed by atoms with van der Waals surface area (Å²) in [7, 11) is -0.481. The number of hydrogen-bond donors (Lipinski definition) is 2. The predicted octanol–water partition coefficient (Wildman–Crippen LogP) is 3.54. The fourth-order valence-electron chi connectivity index (χ4n) is 2.62. The van der Waals surface area contributed by atoms with E-state index in [1.165, 1.54) is 23.5 Å². The summed E-state index contributed by atoms with van der Waals surface area (Å²) in [5, 5.41) is 6.36. The molecule has 0 aliphatic rings. The predicted molar refractivity (Wildman–Crippen MR) is 116 cm³/mol. The van der Waals surface area contributed by atoms with E-state index in [-0.39, 0.29) is 4.90 Å². The summed E-state index contributed by atoms with van der Waals surface area (Å²) >= 11 is 5.35. The van der Waals surface area contributed by atoms with Crippen LogP contribution in [-0.4, -0.2) is 45.1 Å². The molecule has 0 atom stereocenters. The Morgan fingerprint density at radius 3 is 2.18 bits per heavy atom. The Hall–Kier alpha value is -2.36. The van der Waals surface area contributed by atoms with Crippen molar-refractivity contribution >= 4 is 38.7 Å². The molecule has 0 saturated heterocycles. The van der Waals surface area contributed by atoms with E-state index in [4.69, 9.17) is 21.7 Å². The lowest BCUT2D eigenvalue weighted by molar-refractivity contribution is 0.415. The van der Waals surface area contributed by atoms with Crippen LogP contribution in [0.3, 0.4) is 0 Å². The van der Waals surface area contributed by atoms with Gasteiger partial charge in [-0.1, -0.05) is 13.8 Å². The van der Waals surface area contributed by atoms with Gasteiger partial charge in [-0.2, -0.15) is 4.31 Å². The van der Waals surface area contributed by atoms with E-state index in [9.17, 15) is 8.42 Å². The number of hydrogen-bond acceptors (Lipinski definition) is 5. The van der Waals surface area contributed by atoms with Crippen LogP contribution in [0.5, 0.6) is 11.5 Å². The molecule has 0 aliphatic heterocycles. The van der Waals surface area contributed by atoms with Crippen LogP contribution in [0, 0.1) is 0 Å². The van der Waals surface area contributed by atoms with E-state index < -0.39 is 10.0 Å². The van der Waals surface area contributed by atoms with Crippen molar-refractivity contribution in [1.29, 1.82) is 0 Å². The standard InChI is InChI=1S/C19H25N3O4S2/c1-5-22(6-2)28(23,24)16-11-12-18(26-4)17(13-16)21-19(27)20-14-7-9-15(25-3)10-8-14/h7-13H,5-6H2,1-4H3,(H2,20,21,27). The monoisotopic (exact) mass is 423 g/mol. The quantitative estimate of drug-likeness (QED) is 0.629. The largest absolute Gasteiger partial charge is 0.497 e. The van der Waals surface area contributed by atoms with Crippen LogP contribution >= 0.6 is 12.2 Å². The number of rotatable bonds is 8. The number of thiocarbonyl (C=S) groups is 1. The van der Waals surface area contributed by atoms with Gasteiger partial charge in [0.1, 0.15) is 11.5 Å². The number of anilines is 2. The highest BCUT2D eigenvalue weighted by atomic mass is 32.2. The molecule has 0 bridgehead atoms. The van der Waals surface area contributed by atoms with Crippen molar-refractivity contribution < 1.29 is 17.9 Å². The van der Waals surface area contributed by atoms with Crippen LogP contribution < -0.4 is 20.1 Å². The SMILES string of the molecule is CCN(CC)S(=O)(=O)c1ccc(OC)c(NC(=S)Nc2ccc(OC)cc2)c1. The van der Waals surface area contributed by atoms with Crippen molar-refractivity contribution in [3.63, 3.8) is 0 Å². The van der Waals surface area contributed by atoms with Gasteiger partial charge in [0.2, 0.25) is 10.0 Å². The highest BCUT2D eigenvalue weighted by molar-refractivity contribution is 7.89. The molecule has 0 heterocycles. The summed E-state index contributed by atoms with van der Waals surface area (Å²) in [6.07, 6.45) is 0. The van der Waals surface area contributed by atoms with Gasteiger partial charge in [0.15, 0.2) is 5.11 Å². The average molecular weight is 424 g/mol. The van der Waals surface area contributed by atoms with Crippen molar-refractivity contribution in [2.24, 2.45) is 0 Å². The lowest BCUT2D eigenvalue weighted by Crippen LogP contribution is -2.30. The average Bonchev–Trinajstić information content (AvgIpc) is 2.69. The van der Waals surface area contributed by atoms with Crippen LogP contribution in [0.1, 0.15) is 13.8 Å². The molecule has 152 valence electrons. The highest BCUT2D eigenvalue weighted by Crippen LogP contribution is 2.29. The van der Waals surface area contributed by atoms with Crippen LogP contribution in [0.15, 0.2) is 47.4 Å². The molecule has 0 spiro atoms. The third kappa shape index (κ3) is 5.12. The Bertz CT molecular complexity index is 911. The number of benzene rings is 2. The molecule has 0 fully saturated rings. The topological polar surface area (TPSA) is 79.9 Å². The van der Waals surface area contributed by atoms with Gasteiger partial charge in [0.05, 0.1) is 24.8 Å². The van der Waals surface area contributed by atoms with Crippen LogP contribution in [0.4, 0.5) is 11.4 Å². The van der Waals surface area contributed by atoms with Crippen molar-refractivity contribution in [1.82, 2.24) is 4.31 Å². The van der Waals surface area contributed by atoms with Crippen molar-refractivity contribution in [3.8, 4) is 11.5 Å². The molecule has 2 aromatic carbocycles. The Labute approximate surface area is 171 Å². The number of nitrogens with one attached hydrogen (secondary N) is 2. The second kappa shape index (κ2) is 9.72. The van der Waals surface area contributed by atoms with Gasteiger partial charge < -0.3 is 20.1 Å². The number of nitrogens with zero attached hydrogens (tertiary/aromatic N) is 1. The molecular weight excluding hydrogens is 398 g/mol. The normalized spacial score (nSPS) is 11.2. The molecule has 2 rings (SSSR count). The first-order chi connectivity index (χ1) is 13.3. The Morgan fingerprint density at radius 2 is 1.64 bits per heavy atom. The van der Waals surface area contributed by atoms with E-state index in [1.54, 1.807) is 27.0 Å². The number of methoxy groups -OCH3 is 2. The van der Waals surface area contributed by atoms with Crippen LogP contribution in [0.25, 0.3) is 0 Å². The molecule has 0 unspecified atom stereocenters. The molecule has 0 radical (unpaired) electrons. The zero-order valence-electron chi connectivity index (χ0n) is 16.4. The maximum absolute atomic E-state index is 12.8. The van der Waals surface area contributed by atoms with Gasteiger partial charge in [0.25, 0.3) is 0 Å². The number of ether oxygens (including phenoxy) is 2. The molecule has 0 saturated carbocycles. The lowest BCUT2D eigenvalue weighted by atomic mass is 10.3. The molecule has 9 heteroatoms. The van der Waals surface area contributed by atoms with Gasteiger partial charge in [-0.25, -0.2) is 8.42 Å². The third-order valence-electron chi connectivity index (χ3n) is 4.11. The van der Waals surface area contributed by atoms with E-state index in [0.29, 0.717) is 29.6 Å². The minimum Gasteiger partial charge on any atom is -0.497 e. The van der Waals surface area contributed by atoms with Crippen molar-refractivity contribution in [3.05, 3.63) is 42.5 Å². The summed E-state index contributed by atoms with van der Waals surface area (Å²) in [6.45, 7) is 4.39. The fraction of sp³-hybridized carbons (Fsp3) is 0.316. The fourth-order valence-corrected chi connectivity index (χ4v) is 4.33. The van der Waals surface area contributed by atoms with Crippen LogP contribution in [-0.2, 0) is 10.0 Å². The van der Waals surface area contributed by atoms with E-state index in [1.807, 2.05) is 24.3 Å². The first-order valence-corrected chi connectivity index (χ1v) is 10.6. The molecule has 0 aromatic heterocycles. The zero-order chi connectivity index (χ0) is 20.7. The Morgan fingerprint density at radius 1 is 1.00 bits per heavy atom. The summed E-state index contributed by atoms with van der Waals surface area (Å²) in [6, 6.07) is 11.9. The molecule has 0 amide bonds. The summed E-state index contributed by atoms with van der Waals surface area (Å²) in [5.41, 5.74) is 1.23. The second-order valence-electron chi connectivity index (χ2n) is 5.76. The Balaban J connectivity index is 2.24. The molecule has 0 aliphatic carbocycles. The second-order valence-corrected chi connectivity index (χ2v) is 8.11.